The zero-order chi connectivity index (χ0) is 23.7. The number of amides is 4. The minimum Gasteiger partial charge on any atom is -0.346 e. The van der Waals surface area contributed by atoms with Crippen LogP contribution >= 0.6 is 11.3 Å². The maximum absolute atomic E-state index is 13.0. The number of aryl methyl sites for hydroxylation is 2. The van der Waals surface area contributed by atoms with Crippen LogP contribution in [0.25, 0.3) is 0 Å². The highest BCUT2D eigenvalue weighted by Gasteiger charge is 2.32. The molecular weight excluding hydrogens is 440 g/mol. The Morgan fingerprint density at radius 3 is 2.30 bits per heavy atom. The van der Waals surface area contributed by atoms with Gasteiger partial charge in [-0.2, -0.15) is 0 Å². The molecule has 174 valence electrons. The van der Waals surface area contributed by atoms with Crippen molar-refractivity contribution in [2.24, 2.45) is 0 Å². The van der Waals surface area contributed by atoms with Crippen LogP contribution in [-0.4, -0.2) is 72.2 Å². The van der Waals surface area contributed by atoms with Gasteiger partial charge in [-0.15, -0.1) is 11.3 Å². The smallest absolute Gasteiger partial charge is 0.261 e. The third-order valence-corrected chi connectivity index (χ3v) is 7.19. The molecule has 1 N–H and O–H groups in total. The van der Waals surface area contributed by atoms with E-state index in [2.05, 4.69) is 5.32 Å². The van der Waals surface area contributed by atoms with Crippen molar-refractivity contribution in [3.8, 4) is 0 Å². The second-order valence-electron chi connectivity index (χ2n) is 8.59. The van der Waals surface area contributed by atoms with Gasteiger partial charge in [0, 0.05) is 62.2 Å². The number of hydrogen-bond acceptors (Lipinski definition) is 5. The average Bonchev–Trinajstić information content (AvgIpc) is 3.38. The van der Waals surface area contributed by atoms with E-state index in [4.69, 9.17) is 0 Å². The zero-order valence-corrected chi connectivity index (χ0v) is 19.9. The van der Waals surface area contributed by atoms with Crippen LogP contribution < -0.4 is 10.2 Å². The molecule has 0 bridgehead atoms. The minimum absolute atomic E-state index is 0.0258. The number of carbonyl (C=O) groups excluding carboxylic acids is 4. The maximum Gasteiger partial charge on any atom is 0.261 e. The molecule has 33 heavy (non-hydrogen) atoms. The first-order valence-electron chi connectivity index (χ1n) is 11.1. The van der Waals surface area contributed by atoms with Gasteiger partial charge in [-0.1, -0.05) is 0 Å². The first-order valence-corrected chi connectivity index (χ1v) is 11.9. The number of benzene rings is 1. The normalized spacial score (nSPS) is 18.6. The lowest BCUT2D eigenvalue weighted by Crippen LogP contribution is -2.50. The molecule has 2 aliphatic rings. The summed E-state index contributed by atoms with van der Waals surface area (Å²) < 4.78 is 0. The largest absolute Gasteiger partial charge is 0.346 e. The SMILES string of the molecule is CC(=O)N1CCN(C(=O)c2ccc(N3CC(NC(=O)c4ccc(C)s4)CC3=O)cc2C)CC1. The van der Waals surface area contributed by atoms with Crippen molar-refractivity contribution in [1.82, 2.24) is 15.1 Å². The molecule has 1 aromatic carbocycles. The number of thiophene rings is 1. The fourth-order valence-electron chi connectivity index (χ4n) is 4.32. The standard InChI is InChI=1S/C24H28N4O4S/c1-15-12-19(5-6-20(15)24(32)27-10-8-26(9-11-27)17(3)29)28-14-18(13-22(28)30)25-23(31)21-7-4-16(2)33-21/h4-7,12,18H,8-11,13-14H2,1-3H3,(H,25,31). The van der Waals surface area contributed by atoms with Crippen molar-refractivity contribution >= 4 is 40.7 Å². The van der Waals surface area contributed by atoms with Gasteiger partial charge in [-0.05, 0) is 49.7 Å². The van der Waals surface area contributed by atoms with Gasteiger partial charge >= 0.3 is 0 Å². The van der Waals surface area contributed by atoms with Gasteiger partial charge in [0.2, 0.25) is 11.8 Å². The van der Waals surface area contributed by atoms with Gasteiger partial charge < -0.3 is 20.0 Å². The molecule has 4 rings (SSSR count). The van der Waals surface area contributed by atoms with E-state index in [1.165, 1.54) is 11.3 Å². The highest BCUT2D eigenvalue weighted by atomic mass is 32.1. The van der Waals surface area contributed by atoms with Crippen molar-refractivity contribution in [3.63, 3.8) is 0 Å². The summed E-state index contributed by atoms with van der Waals surface area (Å²) in [5.74, 6) is -0.250. The highest BCUT2D eigenvalue weighted by Crippen LogP contribution is 2.26. The van der Waals surface area contributed by atoms with Crippen LogP contribution in [0.5, 0.6) is 0 Å². The Hall–Kier alpha value is -3.20. The van der Waals surface area contributed by atoms with E-state index in [1.54, 1.807) is 39.8 Å². The average molecular weight is 469 g/mol. The molecule has 2 aliphatic heterocycles. The number of nitrogens with zero attached hydrogens (tertiary/aromatic N) is 3. The molecule has 9 heteroatoms. The summed E-state index contributed by atoms with van der Waals surface area (Å²) in [6, 6.07) is 8.84. The van der Waals surface area contributed by atoms with Crippen LogP contribution in [0.1, 0.15) is 43.8 Å². The van der Waals surface area contributed by atoms with E-state index in [-0.39, 0.29) is 36.1 Å². The second-order valence-corrected chi connectivity index (χ2v) is 9.87. The fourth-order valence-corrected chi connectivity index (χ4v) is 5.09. The molecule has 0 spiro atoms. The van der Waals surface area contributed by atoms with E-state index in [9.17, 15) is 19.2 Å². The van der Waals surface area contributed by atoms with Crippen molar-refractivity contribution in [3.05, 3.63) is 51.2 Å². The van der Waals surface area contributed by atoms with Crippen LogP contribution in [0.4, 0.5) is 5.69 Å². The molecule has 2 saturated heterocycles. The van der Waals surface area contributed by atoms with E-state index in [1.807, 2.05) is 26.0 Å². The molecule has 1 aromatic heterocycles. The number of anilines is 1. The Morgan fingerprint density at radius 2 is 1.70 bits per heavy atom. The zero-order valence-electron chi connectivity index (χ0n) is 19.1. The summed E-state index contributed by atoms with van der Waals surface area (Å²) in [5.41, 5.74) is 2.11. The van der Waals surface area contributed by atoms with Gasteiger partial charge in [0.15, 0.2) is 0 Å². The molecule has 8 nitrogen and oxygen atoms in total. The Labute approximate surface area is 197 Å². The molecule has 4 amide bonds. The van der Waals surface area contributed by atoms with Gasteiger partial charge in [0.1, 0.15) is 0 Å². The number of hydrogen-bond donors (Lipinski definition) is 1. The van der Waals surface area contributed by atoms with E-state index in [0.29, 0.717) is 43.2 Å². The lowest BCUT2D eigenvalue weighted by Gasteiger charge is -2.34. The van der Waals surface area contributed by atoms with E-state index >= 15 is 0 Å². The van der Waals surface area contributed by atoms with Gasteiger partial charge in [-0.3, -0.25) is 19.2 Å². The van der Waals surface area contributed by atoms with Gasteiger partial charge in [-0.25, -0.2) is 0 Å². The van der Waals surface area contributed by atoms with Gasteiger partial charge in [0.05, 0.1) is 10.9 Å². The summed E-state index contributed by atoms with van der Waals surface area (Å²) >= 11 is 1.43. The van der Waals surface area contributed by atoms with Gasteiger partial charge in [0.25, 0.3) is 11.8 Å². The number of nitrogens with one attached hydrogen (secondary N) is 1. The maximum atomic E-state index is 13.0. The lowest BCUT2D eigenvalue weighted by atomic mass is 10.1. The number of rotatable bonds is 4. The number of piperazine rings is 1. The third-order valence-electron chi connectivity index (χ3n) is 6.19. The molecule has 0 aliphatic carbocycles. The Balaban J connectivity index is 1.40. The van der Waals surface area contributed by atoms with Crippen LogP contribution in [0.3, 0.4) is 0 Å². The van der Waals surface area contributed by atoms with Crippen molar-refractivity contribution in [1.29, 1.82) is 0 Å². The molecule has 1 atom stereocenters. The van der Waals surface area contributed by atoms with Crippen molar-refractivity contribution in [2.75, 3.05) is 37.6 Å². The predicted octanol–water partition coefficient (Wildman–Crippen LogP) is 2.20. The molecular formula is C24H28N4O4S. The summed E-state index contributed by atoms with van der Waals surface area (Å²) in [7, 11) is 0. The fraction of sp³-hybridized carbons (Fsp3) is 0.417. The van der Waals surface area contributed by atoms with Crippen LogP contribution in [0.15, 0.2) is 30.3 Å². The molecule has 0 saturated carbocycles. The van der Waals surface area contributed by atoms with Crippen molar-refractivity contribution in [2.45, 2.75) is 33.2 Å². The summed E-state index contributed by atoms with van der Waals surface area (Å²) in [4.78, 5) is 56.5. The third kappa shape index (κ3) is 4.93. The Morgan fingerprint density at radius 1 is 1.00 bits per heavy atom. The molecule has 2 aromatic rings. The van der Waals surface area contributed by atoms with E-state index < -0.39 is 0 Å². The summed E-state index contributed by atoms with van der Waals surface area (Å²) in [6.45, 7) is 7.85. The minimum atomic E-state index is -0.258. The van der Waals surface area contributed by atoms with Crippen LogP contribution in [0, 0.1) is 13.8 Å². The molecule has 1 unspecified atom stereocenters. The molecule has 3 heterocycles. The first-order chi connectivity index (χ1) is 15.7. The van der Waals surface area contributed by atoms with Crippen LogP contribution in [0.2, 0.25) is 0 Å². The Kier molecular flexibility index (Phi) is 6.51. The molecule has 2 fully saturated rings. The van der Waals surface area contributed by atoms with E-state index in [0.717, 1.165) is 16.1 Å². The monoisotopic (exact) mass is 468 g/mol. The topological polar surface area (TPSA) is 90.0 Å². The summed E-state index contributed by atoms with van der Waals surface area (Å²) in [5, 5.41) is 2.96. The number of carbonyl (C=O) groups is 4. The molecule has 0 radical (unpaired) electrons. The Bertz CT molecular complexity index is 1100. The highest BCUT2D eigenvalue weighted by molar-refractivity contribution is 7.13. The summed E-state index contributed by atoms with van der Waals surface area (Å²) in [6.07, 6.45) is 0.246. The second kappa shape index (κ2) is 9.35. The first kappa shape index (κ1) is 23.0. The van der Waals surface area contributed by atoms with Crippen LogP contribution in [-0.2, 0) is 9.59 Å². The quantitative estimate of drug-likeness (QED) is 0.745. The lowest BCUT2D eigenvalue weighted by molar-refractivity contribution is -0.130. The predicted molar refractivity (Wildman–Crippen MR) is 127 cm³/mol. The van der Waals surface area contributed by atoms with Crippen molar-refractivity contribution < 1.29 is 19.2 Å².